The summed E-state index contributed by atoms with van der Waals surface area (Å²) in [6.07, 6.45) is 0.646. The summed E-state index contributed by atoms with van der Waals surface area (Å²) in [4.78, 5) is 0.281. The van der Waals surface area contributed by atoms with Crippen molar-refractivity contribution in [1.82, 2.24) is 4.31 Å². The summed E-state index contributed by atoms with van der Waals surface area (Å²) in [5.41, 5.74) is 6.89. The summed E-state index contributed by atoms with van der Waals surface area (Å²) in [5, 5.41) is 0. The zero-order valence-corrected chi connectivity index (χ0v) is 11.8. The van der Waals surface area contributed by atoms with E-state index >= 15 is 0 Å². The van der Waals surface area contributed by atoms with Gasteiger partial charge in [-0.1, -0.05) is 13.0 Å². The van der Waals surface area contributed by atoms with Gasteiger partial charge in [-0.3, -0.25) is 0 Å². The van der Waals surface area contributed by atoms with E-state index in [0.29, 0.717) is 25.3 Å². The summed E-state index contributed by atoms with van der Waals surface area (Å²) in [6.45, 7) is 2.59. The molecule has 0 aliphatic rings. The van der Waals surface area contributed by atoms with Crippen LogP contribution in [-0.4, -0.2) is 40.0 Å². The zero-order valence-electron chi connectivity index (χ0n) is 11.0. The van der Waals surface area contributed by atoms with Crippen molar-refractivity contribution < 1.29 is 13.2 Å². The SMILES string of the molecule is CCc1ccc(N)cc1S(=O)(=O)N(C)CCOC. The highest BCUT2D eigenvalue weighted by Crippen LogP contribution is 2.22. The van der Waals surface area contributed by atoms with Gasteiger partial charge in [0.05, 0.1) is 11.5 Å². The number of likely N-dealkylation sites (N-methyl/N-ethyl adjacent to an activating group) is 1. The van der Waals surface area contributed by atoms with Gasteiger partial charge in [-0.2, -0.15) is 4.31 Å². The van der Waals surface area contributed by atoms with E-state index in [1.54, 1.807) is 19.2 Å². The molecule has 102 valence electrons. The van der Waals surface area contributed by atoms with E-state index in [1.807, 2.05) is 6.92 Å². The Morgan fingerprint density at radius 1 is 1.39 bits per heavy atom. The Bertz CT molecular complexity index is 500. The van der Waals surface area contributed by atoms with Crippen LogP contribution in [0.15, 0.2) is 23.1 Å². The molecule has 0 fully saturated rings. The molecule has 0 aromatic heterocycles. The van der Waals surface area contributed by atoms with Crippen LogP contribution in [0.2, 0.25) is 0 Å². The maximum absolute atomic E-state index is 12.4. The van der Waals surface area contributed by atoms with Gasteiger partial charge in [0, 0.05) is 26.4 Å². The first-order valence-electron chi connectivity index (χ1n) is 5.77. The van der Waals surface area contributed by atoms with Crippen molar-refractivity contribution in [2.45, 2.75) is 18.2 Å². The van der Waals surface area contributed by atoms with Crippen molar-refractivity contribution in [3.8, 4) is 0 Å². The summed E-state index contributed by atoms with van der Waals surface area (Å²) < 4.78 is 30.9. The van der Waals surface area contributed by atoms with Crippen molar-refractivity contribution in [2.75, 3.05) is 33.0 Å². The smallest absolute Gasteiger partial charge is 0.243 e. The van der Waals surface area contributed by atoms with Crippen LogP contribution < -0.4 is 5.73 Å². The van der Waals surface area contributed by atoms with Crippen molar-refractivity contribution in [2.24, 2.45) is 0 Å². The van der Waals surface area contributed by atoms with E-state index in [9.17, 15) is 8.42 Å². The Morgan fingerprint density at radius 3 is 2.61 bits per heavy atom. The molecule has 1 rings (SSSR count). The number of methoxy groups -OCH3 is 1. The van der Waals surface area contributed by atoms with Crippen LogP contribution in [0.4, 0.5) is 5.69 Å². The van der Waals surface area contributed by atoms with Gasteiger partial charge in [0.25, 0.3) is 0 Å². The number of rotatable bonds is 6. The number of nitrogens with zero attached hydrogens (tertiary/aromatic N) is 1. The van der Waals surface area contributed by atoms with E-state index in [0.717, 1.165) is 5.56 Å². The standard InChI is InChI=1S/C12H20N2O3S/c1-4-10-5-6-11(13)9-12(10)18(15,16)14(2)7-8-17-3/h5-6,9H,4,7-8,13H2,1-3H3. The van der Waals surface area contributed by atoms with E-state index < -0.39 is 10.0 Å². The van der Waals surface area contributed by atoms with Gasteiger partial charge in [-0.25, -0.2) is 8.42 Å². The highest BCUT2D eigenvalue weighted by atomic mass is 32.2. The second kappa shape index (κ2) is 6.17. The summed E-state index contributed by atoms with van der Waals surface area (Å²) in [6, 6.07) is 4.98. The molecule has 0 radical (unpaired) electrons. The summed E-state index contributed by atoms with van der Waals surface area (Å²) >= 11 is 0. The average Bonchev–Trinajstić information content (AvgIpc) is 2.35. The fraction of sp³-hybridized carbons (Fsp3) is 0.500. The molecular formula is C12H20N2O3S. The van der Waals surface area contributed by atoms with Gasteiger partial charge >= 0.3 is 0 Å². The van der Waals surface area contributed by atoms with Crippen molar-refractivity contribution >= 4 is 15.7 Å². The second-order valence-corrected chi connectivity index (χ2v) is 6.05. The Morgan fingerprint density at radius 2 is 2.06 bits per heavy atom. The van der Waals surface area contributed by atoms with Gasteiger partial charge in [0.15, 0.2) is 0 Å². The number of benzene rings is 1. The molecule has 6 heteroatoms. The van der Waals surface area contributed by atoms with E-state index in [2.05, 4.69) is 0 Å². The molecule has 0 saturated heterocycles. The van der Waals surface area contributed by atoms with E-state index in [4.69, 9.17) is 10.5 Å². The van der Waals surface area contributed by atoms with Gasteiger partial charge in [-0.15, -0.1) is 0 Å². The maximum Gasteiger partial charge on any atom is 0.243 e. The van der Waals surface area contributed by atoms with Crippen LogP contribution in [0.3, 0.4) is 0 Å². The normalized spacial score (nSPS) is 12.0. The minimum Gasteiger partial charge on any atom is -0.399 e. The number of ether oxygens (including phenoxy) is 1. The van der Waals surface area contributed by atoms with Crippen LogP contribution in [0.1, 0.15) is 12.5 Å². The summed E-state index contributed by atoms with van der Waals surface area (Å²) in [7, 11) is -0.424. The van der Waals surface area contributed by atoms with E-state index in [1.165, 1.54) is 17.4 Å². The Kier molecular flexibility index (Phi) is 5.13. The molecular weight excluding hydrogens is 252 g/mol. The number of nitrogens with two attached hydrogens (primary N) is 1. The Labute approximate surface area is 109 Å². The topological polar surface area (TPSA) is 72.6 Å². The quantitative estimate of drug-likeness (QED) is 0.787. The van der Waals surface area contributed by atoms with Crippen molar-refractivity contribution in [3.63, 3.8) is 0 Å². The molecule has 0 amide bonds. The molecule has 18 heavy (non-hydrogen) atoms. The molecule has 0 heterocycles. The highest BCUT2D eigenvalue weighted by Gasteiger charge is 2.23. The molecule has 2 N–H and O–H groups in total. The highest BCUT2D eigenvalue weighted by molar-refractivity contribution is 7.89. The molecule has 0 aliphatic heterocycles. The minimum absolute atomic E-state index is 0.281. The van der Waals surface area contributed by atoms with Crippen molar-refractivity contribution in [3.05, 3.63) is 23.8 Å². The first kappa shape index (κ1) is 14.9. The maximum atomic E-state index is 12.4. The molecule has 0 spiro atoms. The van der Waals surface area contributed by atoms with E-state index in [-0.39, 0.29) is 4.90 Å². The molecule has 5 nitrogen and oxygen atoms in total. The van der Waals surface area contributed by atoms with Gasteiger partial charge < -0.3 is 10.5 Å². The lowest BCUT2D eigenvalue weighted by molar-refractivity contribution is 0.185. The number of hydrogen-bond acceptors (Lipinski definition) is 4. The van der Waals surface area contributed by atoms with Gasteiger partial charge in [0.1, 0.15) is 0 Å². The third-order valence-corrected chi connectivity index (χ3v) is 4.71. The van der Waals surface area contributed by atoms with Crippen molar-refractivity contribution in [1.29, 1.82) is 0 Å². The number of sulfonamides is 1. The fourth-order valence-corrected chi connectivity index (χ4v) is 3.09. The van der Waals surface area contributed by atoms with Crippen LogP contribution in [-0.2, 0) is 21.2 Å². The Balaban J connectivity index is 3.14. The predicted molar refractivity (Wildman–Crippen MR) is 71.9 cm³/mol. The number of aryl methyl sites for hydroxylation is 1. The average molecular weight is 272 g/mol. The third-order valence-electron chi connectivity index (χ3n) is 2.77. The van der Waals surface area contributed by atoms with Gasteiger partial charge in [-0.05, 0) is 24.1 Å². The molecule has 0 saturated carbocycles. The molecule has 0 bridgehead atoms. The Hall–Kier alpha value is -1.11. The number of anilines is 1. The fourth-order valence-electron chi connectivity index (χ4n) is 1.61. The molecule has 0 unspecified atom stereocenters. The van der Waals surface area contributed by atoms with Crippen LogP contribution in [0, 0.1) is 0 Å². The molecule has 0 aliphatic carbocycles. The zero-order chi connectivity index (χ0) is 13.8. The monoisotopic (exact) mass is 272 g/mol. The first-order valence-corrected chi connectivity index (χ1v) is 7.21. The number of nitrogen functional groups attached to an aromatic ring is 1. The van der Waals surface area contributed by atoms with Gasteiger partial charge in [0.2, 0.25) is 10.0 Å². The largest absolute Gasteiger partial charge is 0.399 e. The van der Waals surface area contributed by atoms with Crippen LogP contribution >= 0.6 is 0 Å². The second-order valence-electron chi connectivity index (χ2n) is 4.04. The lowest BCUT2D eigenvalue weighted by atomic mass is 10.1. The molecule has 0 atom stereocenters. The van der Waals surface area contributed by atoms with Crippen LogP contribution in [0.25, 0.3) is 0 Å². The minimum atomic E-state index is -3.50. The third kappa shape index (κ3) is 3.22. The predicted octanol–water partition coefficient (Wildman–Crippen LogP) is 1.10. The molecule has 1 aromatic rings. The lowest BCUT2D eigenvalue weighted by Crippen LogP contribution is -2.30. The lowest BCUT2D eigenvalue weighted by Gasteiger charge is -2.19. The van der Waals surface area contributed by atoms with Crippen LogP contribution in [0.5, 0.6) is 0 Å². The molecule has 1 aromatic carbocycles. The first-order chi connectivity index (χ1) is 8.43. The summed E-state index contributed by atoms with van der Waals surface area (Å²) in [5.74, 6) is 0. The number of hydrogen-bond donors (Lipinski definition) is 1.